The SMILES string of the molecule is COc1ccc2c(c1)CCCC2CC(=O)NCc1cn2ccsc2n1. The van der Waals surface area contributed by atoms with Crippen LogP contribution in [0.15, 0.2) is 36.0 Å². The van der Waals surface area contributed by atoms with E-state index < -0.39 is 0 Å². The number of aryl methyl sites for hydroxylation is 1. The van der Waals surface area contributed by atoms with Gasteiger partial charge in [0.15, 0.2) is 4.96 Å². The van der Waals surface area contributed by atoms with Gasteiger partial charge in [0, 0.05) is 24.2 Å². The lowest BCUT2D eigenvalue weighted by atomic mass is 9.81. The summed E-state index contributed by atoms with van der Waals surface area (Å²) in [6.07, 6.45) is 7.72. The Morgan fingerprint density at radius 3 is 3.24 bits per heavy atom. The van der Waals surface area contributed by atoms with Crippen LogP contribution in [0.5, 0.6) is 5.75 Å². The van der Waals surface area contributed by atoms with Crippen molar-refractivity contribution in [3.8, 4) is 5.75 Å². The number of benzene rings is 1. The number of ether oxygens (including phenoxy) is 1. The summed E-state index contributed by atoms with van der Waals surface area (Å²) in [5.74, 6) is 1.27. The molecule has 25 heavy (non-hydrogen) atoms. The van der Waals surface area contributed by atoms with Gasteiger partial charge in [-0.15, -0.1) is 11.3 Å². The summed E-state index contributed by atoms with van der Waals surface area (Å²) in [5, 5.41) is 5.02. The molecule has 5 nitrogen and oxygen atoms in total. The Labute approximate surface area is 150 Å². The van der Waals surface area contributed by atoms with Crippen molar-refractivity contribution in [3.05, 3.63) is 52.8 Å². The third-order valence-corrected chi connectivity index (χ3v) is 5.60. The van der Waals surface area contributed by atoms with Crippen LogP contribution in [0.3, 0.4) is 0 Å². The molecule has 2 heterocycles. The number of thiazole rings is 1. The Morgan fingerprint density at radius 1 is 1.48 bits per heavy atom. The van der Waals surface area contributed by atoms with Gasteiger partial charge in [-0.2, -0.15) is 0 Å². The molecular formula is C19H21N3O2S. The molecule has 1 aliphatic carbocycles. The molecule has 2 aromatic heterocycles. The largest absolute Gasteiger partial charge is 0.497 e. The summed E-state index contributed by atoms with van der Waals surface area (Å²) in [4.78, 5) is 17.9. The lowest BCUT2D eigenvalue weighted by molar-refractivity contribution is -0.121. The van der Waals surface area contributed by atoms with E-state index in [1.807, 2.05) is 28.2 Å². The van der Waals surface area contributed by atoms with Gasteiger partial charge in [0.2, 0.25) is 5.91 Å². The zero-order valence-corrected chi connectivity index (χ0v) is 15.0. The van der Waals surface area contributed by atoms with Gasteiger partial charge in [0.05, 0.1) is 19.3 Å². The molecule has 4 rings (SSSR count). The first-order valence-corrected chi connectivity index (χ1v) is 9.45. The molecule has 0 saturated carbocycles. The fraction of sp³-hybridized carbons (Fsp3) is 0.368. The second-order valence-corrected chi connectivity index (χ2v) is 7.33. The third-order valence-electron chi connectivity index (χ3n) is 4.83. The van der Waals surface area contributed by atoms with Crippen LogP contribution in [0.25, 0.3) is 4.96 Å². The van der Waals surface area contributed by atoms with Crippen molar-refractivity contribution in [2.75, 3.05) is 7.11 Å². The zero-order valence-electron chi connectivity index (χ0n) is 14.2. The summed E-state index contributed by atoms with van der Waals surface area (Å²) in [6.45, 7) is 0.482. The van der Waals surface area contributed by atoms with Gasteiger partial charge < -0.3 is 10.1 Å². The summed E-state index contributed by atoms with van der Waals surface area (Å²) in [6, 6.07) is 6.22. The highest BCUT2D eigenvalue weighted by molar-refractivity contribution is 7.15. The topological polar surface area (TPSA) is 55.6 Å². The van der Waals surface area contributed by atoms with Crippen LogP contribution in [0, 0.1) is 0 Å². The summed E-state index contributed by atoms with van der Waals surface area (Å²) in [7, 11) is 1.69. The lowest BCUT2D eigenvalue weighted by Crippen LogP contribution is -2.26. The summed E-state index contributed by atoms with van der Waals surface area (Å²) < 4.78 is 7.30. The second-order valence-electron chi connectivity index (χ2n) is 6.46. The average molecular weight is 355 g/mol. The van der Waals surface area contributed by atoms with Crippen molar-refractivity contribution in [1.82, 2.24) is 14.7 Å². The number of rotatable bonds is 5. The van der Waals surface area contributed by atoms with Crippen LogP contribution in [0.1, 0.15) is 42.0 Å². The van der Waals surface area contributed by atoms with Gasteiger partial charge in [-0.25, -0.2) is 4.98 Å². The van der Waals surface area contributed by atoms with E-state index in [9.17, 15) is 4.79 Å². The molecule has 0 fully saturated rings. The first kappa shape index (κ1) is 16.1. The molecule has 0 saturated heterocycles. The molecule has 1 aromatic carbocycles. The number of methoxy groups -OCH3 is 1. The predicted octanol–water partition coefficient (Wildman–Crippen LogP) is 3.53. The molecule has 0 radical (unpaired) electrons. The molecule has 1 amide bonds. The van der Waals surface area contributed by atoms with Gasteiger partial charge in [-0.05, 0) is 48.4 Å². The Bertz CT molecular complexity index is 871. The number of hydrogen-bond donors (Lipinski definition) is 1. The molecule has 1 atom stereocenters. The van der Waals surface area contributed by atoms with E-state index in [2.05, 4.69) is 22.4 Å². The smallest absolute Gasteiger partial charge is 0.220 e. The number of carbonyl (C=O) groups excluding carboxylic acids is 1. The van der Waals surface area contributed by atoms with Crippen LogP contribution >= 0.6 is 11.3 Å². The molecule has 0 spiro atoms. The van der Waals surface area contributed by atoms with Crippen LogP contribution < -0.4 is 10.1 Å². The number of nitrogens with zero attached hydrogens (tertiary/aromatic N) is 2. The van der Waals surface area contributed by atoms with Gasteiger partial charge in [0.25, 0.3) is 0 Å². The minimum Gasteiger partial charge on any atom is -0.497 e. The third kappa shape index (κ3) is 3.39. The van der Waals surface area contributed by atoms with Crippen molar-refractivity contribution >= 4 is 22.2 Å². The van der Waals surface area contributed by atoms with E-state index in [4.69, 9.17) is 4.74 Å². The van der Waals surface area contributed by atoms with E-state index in [1.165, 1.54) is 11.1 Å². The van der Waals surface area contributed by atoms with Gasteiger partial charge in [-0.3, -0.25) is 9.20 Å². The van der Waals surface area contributed by atoms with Crippen LogP contribution in [0.2, 0.25) is 0 Å². The number of imidazole rings is 1. The van der Waals surface area contributed by atoms with Crippen molar-refractivity contribution in [2.24, 2.45) is 0 Å². The Morgan fingerprint density at radius 2 is 2.40 bits per heavy atom. The Hall–Kier alpha value is -2.34. The zero-order chi connectivity index (χ0) is 17.2. The molecule has 3 aromatic rings. The van der Waals surface area contributed by atoms with Gasteiger partial charge in [-0.1, -0.05) is 6.07 Å². The van der Waals surface area contributed by atoms with E-state index in [0.717, 1.165) is 35.7 Å². The molecule has 1 N–H and O–H groups in total. The second kappa shape index (κ2) is 6.88. The highest BCUT2D eigenvalue weighted by Gasteiger charge is 2.23. The fourth-order valence-corrected chi connectivity index (χ4v) is 4.30. The Balaban J connectivity index is 1.39. The van der Waals surface area contributed by atoms with E-state index in [0.29, 0.717) is 18.9 Å². The highest BCUT2D eigenvalue weighted by Crippen LogP contribution is 2.35. The lowest BCUT2D eigenvalue weighted by Gasteiger charge is -2.25. The fourth-order valence-electron chi connectivity index (χ4n) is 3.58. The molecule has 6 heteroatoms. The van der Waals surface area contributed by atoms with E-state index in [1.54, 1.807) is 18.4 Å². The maximum atomic E-state index is 12.4. The summed E-state index contributed by atoms with van der Waals surface area (Å²) in [5.41, 5.74) is 3.51. The van der Waals surface area contributed by atoms with Crippen LogP contribution in [-0.2, 0) is 17.8 Å². The molecule has 1 unspecified atom stereocenters. The maximum absolute atomic E-state index is 12.4. The highest BCUT2D eigenvalue weighted by atomic mass is 32.1. The van der Waals surface area contributed by atoms with Crippen molar-refractivity contribution in [2.45, 2.75) is 38.1 Å². The minimum absolute atomic E-state index is 0.0880. The maximum Gasteiger partial charge on any atom is 0.220 e. The van der Waals surface area contributed by atoms with Crippen molar-refractivity contribution in [1.29, 1.82) is 0 Å². The van der Waals surface area contributed by atoms with Gasteiger partial charge in [0.1, 0.15) is 5.75 Å². The monoisotopic (exact) mass is 355 g/mol. The van der Waals surface area contributed by atoms with Crippen molar-refractivity contribution in [3.63, 3.8) is 0 Å². The first-order chi connectivity index (χ1) is 12.2. The normalized spacial score (nSPS) is 16.6. The Kier molecular flexibility index (Phi) is 4.44. The molecule has 130 valence electrons. The quantitative estimate of drug-likeness (QED) is 0.762. The van der Waals surface area contributed by atoms with Crippen LogP contribution in [-0.4, -0.2) is 22.4 Å². The number of hydrogen-bond acceptors (Lipinski definition) is 4. The number of nitrogens with one attached hydrogen (secondary N) is 1. The summed E-state index contributed by atoms with van der Waals surface area (Å²) >= 11 is 1.60. The standard InChI is InChI=1S/C19H21N3O2S/c1-24-16-5-6-17-13(9-16)3-2-4-14(17)10-18(23)20-11-15-12-22-7-8-25-19(22)21-15/h5-9,12,14H,2-4,10-11H2,1H3,(H,20,23). The molecular weight excluding hydrogens is 334 g/mol. The molecule has 0 bridgehead atoms. The van der Waals surface area contributed by atoms with Crippen LogP contribution in [0.4, 0.5) is 0 Å². The minimum atomic E-state index is 0.0880. The number of aromatic nitrogens is 2. The molecule has 1 aliphatic rings. The van der Waals surface area contributed by atoms with Crippen molar-refractivity contribution < 1.29 is 9.53 Å². The number of fused-ring (bicyclic) bond motifs is 2. The van der Waals surface area contributed by atoms with E-state index >= 15 is 0 Å². The number of carbonyl (C=O) groups is 1. The number of amides is 1. The van der Waals surface area contributed by atoms with E-state index in [-0.39, 0.29) is 5.91 Å². The first-order valence-electron chi connectivity index (χ1n) is 8.57. The van der Waals surface area contributed by atoms with Gasteiger partial charge >= 0.3 is 0 Å². The molecule has 0 aliphatic heterocycles. The average Bonchev–Trinajstić information content (AvgIpc) is 3.21. The predicted molar refractivity (Wildman–Crippen MR) is 98.2 cm³/mol.